The number of dihydropyridines is 1. The second-order valence-electron chi connectivity index (χ2n) is 7.05. The summed E-state index contributed by atoms with van der Waals surface area (Å²) in [6.45, 7) is 0. The van der Waals surface area contributed by atoms with Gasteiger partial charge in [0.05, 0.1) is 12.7 Å². The Bertz CT molecular complexity index is 1370. The fourth-order valence-electron chi connectivity index (χ4n) is 4.00. The van der Waals surface area contributed by atoms with E-state index in [4.69, 9.17) is 22.7 Å². The van der Waals surface area contributed by atoms with Gasteiger partial charge in [-0.25, -0.2) is 14.8 Å². The van der Waals surface area contributed by atoms with Gasteiger partial charge in [-0.3, -0.25) is 19.6 Å². The summed E-state index contributed by atoms with van der Waals surface area (Å²) < 4.78 is 5.23. The highest BCUT2D eigenvalue weighted by atomic mass is 32.1. The van der Waals surface area contributed by atoms with E-state index in [1.54, 1.807) is 31.4 Å². The third kappa shape index (κ3) is 2.87. The van der Waals surface area contributed by atoms with Crippen LogP contribution in [0, 0.1) is 5.92 Å². The van der Waals surface area contributed by atoms with Crippen LogP contribution in [0.25, 0.3) is 0 Å². The van der Waals surface area contributed by atoms with Gasteiger partial charge in [0.25, 0.3) is 5.56 Å². The summed E-state index contributed by atoms with van der Waals surface area (Å²) in [5, 5.41) is 5.62. The molecule has 2 atom stereocenters. The number of aliphatic imine (C=N–C) groups is 2. The summed E-state index contributed by atoms with van der Waals surface area (Å²) in [5.74, 6) is -1.14. The molecule has 0 saturated carbocycles. The molecule has 1 saturated heterocycles. The maximum Gasteiger partial charge on any atom is 0.327 e. The van der Waals surface area contributed by atoms with Gasteiger partial charge in [-0.1, -0.05) is 12.1 Å². The Morgan fingerprint density at radius 1 is 1.03 bits per heavy atom. The number of nitrogens with two attached hydrogens (primary N) is 1. The number of aromatic amines is 2. The quantitative estimate of drug-likeness (QED) is 0.395. The fraction of sp³-hybridized carbons (Fsp3) is 0.158. The van der Waals surface area contributed by atoms with Gasteiger partial charge in [-0.05, 0) is 29.9 Å². The normalized spacial score (nSPS) is 21.7. The first kappa shape index (κ1) is 18.9. The molecule has 5 rings (SSSR count). The minimum atomic E-state index is -0.912. The zero-order chi connectivity index (χ0) is 21.9. The Labute approximate surface area is 179 Å². The molecule has 2 aromatic rings. The summed E-state index contributed by atoms with van der Waals surface area (Å²) in [5.41, 5.74) is 6.56. The number of fused-ring (bicyclic) bond motifs is 3. The highest BCUT2D eigenvalue weighted by Gasteiger charge is 2.44. The van der Waals surface area contributed by atoms with Crippen molar-refractivity contribution in [3.8, 4) is 5.75 Å². The lowest BCUT2D eigenvalue weighted by Crippen LogP contribution is -2.57. The number of ether oxygens (including phenoxy) is 1. The number of benzene rings is 1. The number of amides is 1. The first-order valence-corrected chi connectivity index (χ1v) is 9.57. The molecule has 0 radical (unpaired) electrons. The van der Waals surface area contributed by atoms with E-state index < -0.39 is 29.0 Å². The highest BCUT2D eigenvalue weighted by Crippen LogP contribution is 2.43. The van der Waals surface area contributed by atoms with Crippen LogP contribution in [-0.4, -0.2) is 39.8 Å². The Kier molecular flexibility index (Phi) is 4.12. The number of hydrogen-bond donors (Lipinski definition) is 5. The van der Waals surface area contributed by atoms with Crippen molar-refractivity contribution < 1.29 is 9.53 Å². The van der Waals surface area contributed by atoms with E-state index >= 15 is 0 Å². The van der Waals surface area contributed by atoms with E-state index in [0.29, 0.717) is 22.6 Å². The number of rotatable bonds is 2. The van der Waals surface area contributed by atoms with Crippen molar-refractivity contribution in [2.24, 2.45) is 21.6 Å². The fourth-order valence-corrected chi connectivity index (χ4v) is 4.21. The molecule has 156 valence electrons. The van der Waals surface area contributed by atoms with Crippen LogP contribution < -0.4 is 32.4 Å². The molecular weight excluding hydrogens is 422 g/mol. The molecule has 31 heavy (non-hydrogen) atoms. The minimum Gasteiger partial charge on any atom is -0.497 e. The summed E-state index contributed by atoms with van der Waals surface area (Å²) in [4.78, 5) is 50.8. The minimum absolute atomic E-state index is 0.0223. The lowest BCUT2D eigenvalue weighted by molar-refractivity contribution is -0.121. The van der Waals surface area contributed by atoms with Crippen LogP contribution in [0.2, 0.25) is 0 Å². The van der Waals surface area contributed by atoms with E-state index in [1.165, 1.54) is 0 Å². The average molecular weight is 437 g/mol. The van der Waals surface area contributed by atoms with Gasteiger partial charge in [-0.2, -0.15) is 0 Å². The van der Waals surface area contributed by atoms with Gasteiger partial charge in [0.2, 0.25) is 5.91 Å². The lowest BCUT2D eigenvalue weighted by Gasteiger charge is -2.36. The molecule has 1 amide bonds. The van der Waals surface area contributed by atoms with Crippen LogP contribution in [0.4, 0.5) is 5.82 Å². The molecule has 4 heterocycles. The van der Waals surface area contributed by atoms with Crippen molar-refractivity contribution in [2.45, 2.75) is 5.92 Å². The highest BCUT2D eigenvalue weighted by molar-refractivity contribution is 7.80. The number of carbonyl (C=O) groups excluding carboxylic acids is 1. The molecule has 1 fully saturated rings. The van der Waals surface area contributed by atoms with Gasteiger partial charge in [0.15, 0.2) is 10.9 Å². The van der Waals surface area contributed by atoms with Crippen molar-refractivity contribution in [3.05, 3.63) is 67.5 Å². The van der Waals surface area contributed by atoms with Crippen LogP contribution in [0.15, 0.2) is 55.1 Å². The molecule has 1 aromatic heterocycles. The number of methoxy groups -OCH3 is 1. The number of carbonyl (C=O) groups is 1. The number of thiocarbonyl (C=S) groups is 1. The molecule has 0 aliphatic carbocycles. The predicted molar refractivity (Wildman–Crippen MR) is 116 cm³/mol. The summed E-state index contributed by atoms with van der Waals surface area (Å²) in [6.07, 6.45) is 0. The molecule has 0 bridgehead atoms. The number of nitrogens with zero attached hydrogens (tertiary/aromatic N) is 2. The predicted octanol–water partition coefficient (Wildman–Crippen LogP) is -0.507. The first-order chi connectivity index (χ1) is 14.9. The molecule has 3 aliphatic rings. The Hall–Kier alpha value is -4.06. The van der Waals surface area contributed by atoms with Crippen LogP contribution in [0.5, 0.6) is 5.75 Å². The molecule has 6 N–H and O–H groups in total. The van der Waals surface area contributed by atoms with E-state index in [0.717, 1.165) is 0 Å². The van der Waals surface area contributed by atoms with Gasteiger partial charge in [0.1, 0.15) is 23.3 Å². The summed E-state index contributed by atoms with van der Waals surface area (Å²) in [7, 11) is 1.55. The van der Waals surface area contributed by atoms with E-state index in [2.05, 4.69) is 30.6 Å². The summed E-state index contributed by atoms with van der Waals surface area (Å²) >= 11 is 5.16. The van der Waals surface area contributed by atoms with Gasteiger partial charge in [-0.15, -0.1) is 0 Å². The van der Waals surface area contributed by atoms with Crippen molar-refractivity contribution in [1.82, 2.24) is 20.6 Å². The second-order valence-corrected chi connectivity index (χ2v) is 7.46. The van der Waals surface area contributed by atoms with Crippen molar-refractivity contribution in [1.29, 1.82) is 0 Å². The van der Waals surface area contributed by atoms with E-state index in [9.17, 15) is 14.4 Å². The van der Waals surface area contributed by atoms with Crippen LogP contribution in [0.1, 0.15) is 17.0 Å². The maximum atomic E-state index is 12.8. The Morgan fingerprint density at radius 3 is 2.48 bits per heavy atom. The number of nitrogens with one attached hydrogen (secondary N) is 4. The standard InChI is InChI=1S/C19H15N7O4S/c1-30-7-4-2-6(3-5-7)8-9-12-11(17(28)26-19(31)21-12)13(20)22-14(9)23-15-10(8)16(27)25-18(29)24-15/h2-5,8,11H,1H3,(H2,21,26,28,31)(H4,20,22,23,24,25,27,29). The monoisotopic (exact) mass is 437 g/mol. The van der Waals surface area contributed by atoms with Crippen molar-refractivity contribution in [2.75, 3.05) is 7.11 Å². The zero-order valence-electron chi connectivity index (χ0n) is 16.0. The van der Waals surface area contributed by atoms with Crippen LogP contribution in [-0.2, 0) is 4.79 Å². The average Bonchev–Trinajstić information content (AvgIpc) is 2.71. The summed E-state index contributed by atoms with van der Waals surface area (Å²) in [6, 6.07) is 7.06. The maximum absolute atomic E-state index is 12.8. The molecular formula is C19H15N7O4S. The Morgan fingerprint density at radius 2 is 1.77 bits per heavy atom. The topological polar surface area (TPSA) is 167 Å². The van der Waals surface area contributed by atoms with E-state index in [1.807, 2.05) is 0 Å². The molecule has 1 aromatic carbocycles. The lowest BCUT2D eigenvalue weighted by atomic mass is 9.78. The number of aromatic nitrogens is 2. The zero-order valence-corrected chi connectivity index (χ0v) is 16.8. The third-order valence-corrected chi connectivity index (χ3v) is 5.50. The largest absolute Gasteiger partial charge is 0.497 e. The molecule has 11 nitrogen and oxygen atoms in total. The van der Waals surface area contributed by atoms with Gasteiger partial charge >= 0.3 is 5.69 Å². The molecule has 12 heteroatoms. The SMILES string of the molecule is COc1ccc(C2C3=C4NC(=S)NC(=O)C4C(N)=NC3=Nc3[nH]c(=O)[nH]c(=O)c32)cc1. The smallest absolute Gasteiger partial charge is 0.327 e. The molecule has 2 unspecified atom stereocenters. The number of amidine groups is 2. The number of hydrogen-bond acceptors (Lipinski definition) is 8. The van der Waals surface area contributed by atoms with Gasteiger partial charge < -0.3 is 21.1 Å². The molecule has 3 aliphatic heterocycles. The van der Waals surface area contributed by atoms with Crippen LogP contribution >= 0.6 is 12.2 Å². The Balaban J connectivity index is 1.84. The molecule has 0 spiro atoms. The number of H-pyrrole nitrogens is 2. The van der Waals surface area contributed by atoms with Crippen molar-refractivity contribution >= 4 is 40.7 Å². The van der Waals surface area contributed by atoms with E-state index in [-0.39, 0.29) is 28.2 Å². The van der Waals surface area contributed by atoms with Gasteiger partial charge in [0, 0.05) is 17.2 Å². The van der Waals surface area contributed by atoms with Crippen LogP contribution in [0.3, 0.4) is 0 Å². The third-order valence-electron chi connectivity index (χ3n) is 5.30. The van der Waals surface area contributed by atoms with Crippen molar-refractivity contribution in [3.63, 3.8) is 0 Å². The second kappa shape index (κ2) is 6.74. The first-order valence-electron chi connectivity index (χ1n) is 9.17.